The van der Waals surface area contributed by atoms with E-state index in [-0.39, 0.29) is 5.97 Å². The van der Waals surface area contributed by atoms with Gasteiger partial charge in [0.25, 0.3) is 0 Å². The zero-order valence-corrected chi connectivity index (χ0v) is 7.34. The number of carbonyl (C=O) groups is 1. The van der Waals surface area contributed by atoms with Gasteiger partial charge >= 0.3 is 5.97 Å². The van der Waals surface area contributed by atoms with Gasteiger partial charge in [0.1, 0.15) is 5.02 Å². The van der Waals surface area contributed by atoms with Crippen LogP contribution in [0.1, 0.15) is 13.3 Å². The predicted octanol–water partition coefficient (Wildman–Crippen LogP) is 2.05. The summed E-state index contributed by atoms with van der Waals surface area (Å²) in [6.45, 7) is 1.72. The molecule has 0 spiro atoms. The van der Waals surface area contributed by atoms with E-state index >= 15 is 0 Å². The zero-order chi connectivity index (χ0) is 8.97. The van der Waals surface area contributed by atoms with Crippen LogP contribution in [0.2, 0.25) is 5.02 Å². The molecule has 64 valence electrons. The van der Waals surface area contributed by atoms with E-state index in [0.29, 0.717) is 17.2 Å². The van der Waals surface area contributed by atoms with Crippen LogP contribution in [0.25, 0.3) is 0 Å². The first-order chi connectivity index (χ1) is 5.74. The van der Waals surface area contributed by atoms with Gasteiger partial charge in [-0.05, 0) is 0 Å². The van der Waals surface area contributed by atoms with Crippen molar-refractivity contribution >= 4 is 17.6 Å². The molecule has 0 amide bonds. The van der Waals surface area contributed by atoms with E-state index in [9.17, 15) is 4.79 Å². The van der Waals surface area contributed by atoms with Crippen molar-refractivity contribution in [3.05, 3.63) is 23.5 Å². The minimum atomic E-state index is -0.303. The second-order valence-electron chi connectivity index (χ2n) is 2.13. The number of rotatable bonds is 2. The first-order valence-corrected chi connectivity index (χ1v) is 3.92. The number of hydrogen-bond acceptors (Lipinski definition) is 3. The summed E-state index contributed by atoms with van der Waals surface area (Å²) in [6.07, 6.45) is 3.28. The molecule has 12 heavy (non-hydrogen) atoms. The quantitative estimate of drug-likeness (QED) is 0.662. The average molecular weight is 186 g/mol. The zero-order valence-electron chi connectivity index (χ0n) is 6.58. The number of carbonyl (C=O) groups excluding carboxylic acids is 1. The van der Waals surface area contributed by atoms with Crippen molar-refractivity contribution in [3.8, 4) is 5.75 Å². The van der Waals surface area contributed by atoms with Gasteiger partial charge in [-0.25, -0.2) is 0 Å². The van der Waals surface area contributed by atoms with E-state index in [1.165, 1.54) is 12.4 Å². The van der Waals surface area contributed by atoms with Crippen molar-refractivity contribution in [2.24, 2.45) is 0 Å². The molecule has 3 nitrogen and oxygen atoms in total. The highest BCUT2D eigenvalue weighted by Crippen LogP contribution is 2.21. The summed E-state index contributed by atoms with van der Waals surface area (Å²) < 4.78 is 4.88. The van der Waals surface area contributed by atoms with Gasteiger partial charge in [0.15, 0.2) is 5.75 Å². The van der Waals surface area contributed by atoms with Crippen LogP contribution < -0.4 is 4.74 Å². The first-order valence-electron chi connectivity index (χ1n) is 3.54. The molecule has 0 aliphatic heterocycles. The van der Waals surface area contributed by atoms with Gasteiger partial charge in [0.05, 0.1) is 0 Å². The van der Waals surface area contributed by atoms with Gasteiger partial charge in [-0.15, -0.1) is 0 Å². The van der Waals surface area contributed by atoms with Crippen LogP contribution in [-0.4, -0.2) is 11.0 Å². The van der Waals surface area contributed by atoms with Gasteiger partial charge < -0.3 is 4.74 Å². The van der Waals surface area contributed by atoms with Gasteiger partial charge in [0, 0.05) is 24.9 Å². The predicted molar refractivity (Wildman–Crippen MR) is 45.2 cm³/mol. The summed E-state index contributed by atoms with van der Waals surface area (Å²) >= 11 is 5.69. The van der Waals surface area contributed by atoms with Crippen LogP contribution in [0.5, 0.6) is 5.75 Å². The third-order valence-corrected chi connectivity index (χ3v) is 1.53. The summed E-state index contributed by atoms with van der Waals surface area (Å²) in [4.78, 5) is 14.6. The second kappa shape index (κ2) is 4.07. The fraction of sp³-hybridized carbons (Fsp3) is 0.250. The van der Waals surface area contributed by atoms with E-state index in [2.05, 4.69) is 4.98 Å². The van der Waals surface area contributed by atoms with Crippen molar-refractivity contribution in [3.63, 3.8) is 0 Å². The molecule has 0 aliphatic rings. The summed E-state index contributed by atoms with van der Waals surface area (Å²) in [5, 5.41) is 0.347. The van der Waals surface area contributed by atoms with E-state index in [1.54, 1.807) is 13.0 Å². The molecular formula is C8H8ClNO2. The molecule has 0 aromatic carbocycles. The van der Waals surface area contributed by atoms with Gasteiger partial charge in [-0.2, -0.15) is 0 Å². The number of nitrogens with zero attached hydrogens (tertiary/aromatic N) is 1. The Morgan fingerprint density at radius 1 is 1.75 bits per heavy atom. The molecule has 0 atom stereocenters. The van der Waals surface area contributed by atoms with Crippen LogP contribution in [0, 0.1) is 0 Å². The SMILES string of the molecule is CCC(=O)Oc1ccncc1Cl. The molecule has 0 saturated heterocycles. The summed E-state index contributed by atoms with van der Waals surface area (Å²) in [7, 11) is 0. The number of ether oxygens (including phenoxy) is 1. The molecule has 0 N–H and O–H groups in total. The van der Waals surface area contributed by atoms with Crippen molar-refractivity contribution in [2.45, 2.75) is 13.3 Å². The number of esters is 1. The Morgan fingerprint density at radius 3 is 3.08 bits per heavy atom. The van der Waals surface area contributed by atoms with Crippen molar-refractivity contribution < 1.29 is 9.53 Å². The van der Waals surface area contributed by atoms with Gasteiger partial charge in [0.2, 0.25) is 0 Å². The fourth-order valence-electron chi connectivity index (χ4n) is 0.640. The molecule has 0 bridgehead atoms. The minimum Gasteiger partial charge on any atom is -0.425 e. The maximum atomic E-state index is 10.8. The normalized spacial score (nSPS) is 9.50. The van der Waals surface area contributed by atoms with Gasteiger partial charge in [-0.3, -0.25) is 9.78 Å². The minimum absolute atomic E-state index is 0.303. The summed E-state index contributed by atoms with van der Waals surface area (Å²) in [5.41, 5.74) is 0. The molecule has 0 radical (unpaired) electrons. The second-order valence-corrected chi connectivity index (χ2v) is 2.54. The van der Waals surface area contributed by atoms with Crippen LogP contribution >= 0.6 is 11.6 Å². The Hall–Kier alpha value is -1.09. The van der Waals surface area contributed by atoms with Crippen LogP contribution in [0.3, 0.4) is 0 Å². The lowest BCUT2D eigenvalue weighted by Crippen LogP contribution is -2.05. The Bertz CT molecular complexity index is 288. The average Bonchev–Trinajstić information content (AvgIpc) is 2.09. The molecular weight excluding hydrogens is 178 g/mol. The molecule has 4 heteroatoms. The summed E-state index contributed by atoms with van der Waals surface area (Å²) in [5.74, 6) is 0.0571. The smallest absolute Gasteiger partial charge is 0.310 e. The topological polar surface area (TPSA) is 39.2 Å². The highest BCUT2D eigenvalue weighted by molar-refractivity contribution is 6.32. The standard InChI is InChI=1S/C8H8ClNO2/c1-2-8(11)12-7-3-4-10-5-6(7)9/h3-5H,2H2,1H3. The third-order valence-electron chi connectivity index (χ3n) is 1.25. The number of hydrogen-bond donors (Lipinski definition) is 0. The Kier molecular flexibility index (Phi) is 3.05. The fourth-order valence-corrected chi connectivity index (χ4v) is 0.798. The van der Waals surface area contributed by atoms with E-state index in [4.69, 9.17) is 16.3 Å². The number of pyridine rings is 1. The maximum absolute atomic E-state index is 10.8. The largest absolute Gasteiger partial charge is 0.425 e. The molecule has 1 aromatic rings. The molecule has 1 rings (SSSR count). The lowest BCUT2D eigenvalue weighted by Gasteiger charge is -2.02. The lowest BCUT2D eigenvalue weighted by atomic mass is 10.4. The van der Waals surface area contributed by atoms with Crippen LogP contribution in [-0.2, 0) is 4.79 Å². The van der Waals surface area contributed by atoms with Gasteiger partial charge in [-0.1, -0.05) is 18.5 Å². The van der Waals surface area contributed by atoms with Crippen molar-refractivity contribution in [1.29, 1.82) is 0 Å². The van der Waals surface area contributed by atoms with Crippen molar-refractivity contribution in [2.75, 3.05) is 0 Å². The highest BCUT2D eigenvalue weighted by Gasteiger charge is 2.04. The summed E-state index contributed by atoms with van der Waals surface area (Å²) in [6, 6.07) is 1.55. The molecule has 0 saturated carbocycles. The van der Waals surface area contributed by atoms with E-state index < -0.39 is 0 Å². The van der Waals surface area contributed by atoms with Crippen LogP contribution in [0.15, 0.2) is 18.5 Å². The molecule has 0 aliphatic carbocycles. The van der Waals surface area contributed by atoms with Crippen LogP contribution in [0.4, 0.5) is 0 Å². The molecule has 1 heterocycles. The molecule has 0 fully saturated rings. The third kappa shape index (κ3) is 2.20. The monoisotopic (exact) mass is 185 g/mol. The Balaban J connectivity index is 2.75. The molecule has 0 unspecified atom stereocenters. The Morgan fingerprint density at radius 2 is 2.50 bits per heavy atom. The Labute approximate surface area is 75.3 Å². The van der Waals surface area contributed by atoms with E-state index in [0.717, 1.165) is 0 Å². The molecule has 1 aromatic heterocycles. The maximum Gasteiger partial charge on any atom is 0.310 e. The number of halogens is 1. The lowest BCUT2D eigenvalue weighted by molar-refractivity contribution is -0.134. The first kappa shape index (κ1) is 9.00. The van der Waals surface area contributed by atoms with Crippen molar-refractivity contribution in [1.82, 2.24) is 4.98 Å². The van der Waals surface area contributed by atoms with E-state index in [1.807, 2.05) is 0 Å². The highest BCUT2D eigenvalue weighted by atomic mass is 35.5. The number of aromatic nitrogens is 1.